The minimum atomic E-state index is -6.09. The van der Waals surface area contributed by atoms with Crippen LogP contribution in [0.25, 0.3) is 0 Å². The summed E-state index contributed by atoms with van der Waals surface area (Å²) in [5, 5.41) is 52.6. The van der Waals surface area contributed by atoms with Crippen molar-refractivity contribution in [2.45, 2.75) is 92.6 Å². The average Bonchev–Trinajstić information content (AvgIpc) is 0.789. The van der Waals surface area contributed by atoms with E-state index in [-0.39, 0.29) is 65.6 Å². The third kappa shape index (κ3) is 26.4. The van der Waals surface area contributed by atoms with Gasteiger partial charge in [-0.3, -0.25) is 26.9 Å². The van der Waals surface area contributed by atoms with Crippen LogP contribution in [0, 0.1) is 27.7 Å². The Morgan fingerprint density at radius 2 is 0.786 bits per heavy atom. The molecule has 0 bridgehead atoms. The minimum Gasteiger partial charge on any atom is -0.741 e. The summed E-state index contributed by atoms with van der Waals surface area (Å²) < 4.78 is 155. The predicted octanol–water partition coefficient (Wildman–Crippen LogP) is 14.6. The van der Waals surface area contributed by atoms with Crippen LogP contribution < -0.4 is 4.74 Å². The van der Waals surface area contributed by atoms with E-state index < -0.39 is 100.0 Å². The maximum absolute atomic E-state index is 13.4. The molecule has 0 radical (unpaired) electrons. The number of aliphatic hydroxyl groups is 4. The Morgan fingerprint density at radius 3 is 1.13 bits per heavy atom. The summed E-state index contributed by atoms with van der Waals surface area (Å²) in [6.07, 6.45) is 4.16. The first-order chi connectivity index (χ1) is 55.1. The minimum absolute atomic E-state index is 0.0410. The van der Waals surface area contributed by atoms with Crippen molar-refractivity contribution in [1.29, 1.82) is 0 Å². The number of aryl methyl sites for hydroxylation is 4. The van der Waals surface area contributed by atoms with Crippen LogP contribution in [0.5, 0.6) is 11.5 Å². The summed E-state index contributed by atoms with van der Waals surface area (Å²) in [4.78, 5) is 41.8. The van der Waals surface area contributed by atoms with Gasteiger partial charge in [-0.15, -0.1) is 11.8 Å². The van der Waals surface area contributed by atoms with Crippen molar-refractivity contribution in [3.05, 3.63) is 351 Å². The van der Waals surface area contributed by atoms with Crippen LogP contribution in [0.4, 0.5) is 13.2 Å². The van der Waals surface area contributed by atoms with E-state index in [2.05, 4.69) is 50.1 Å². The molecule has 4 unspecified atom stereocenters. The maximum atomic E-state index is 13.4. The number of phenolic OH excluding ortho intramolecular Hbond substituents is 1. The highest BCUT2D eigenvalue weighted by atomic mass is 32.2. The van der Waals surface area contributed by atoms with E-state index in [0.717, 1.165) is 32.9 Å². The first-order valence-corrected chi connectivity index (χ1v) is 44.4. The topological polar surface area (TPSA) is 349 Å². The molecule has 0 amide bonds. The molecule has 0 aliphatic carbocycles. The van der Waals surface area contributed by atoms with Crippen LogP contribution in [0.15, 0.2) is 304 Å². The van der Waals surface area contributed by atoms with Crippen LogP contribution in [-0.2, 0) is 98.8 Å². The first-order valence-electron chi connectivity index (χ1n) is 35.1. The van der Waals surface area contributed by atoms with Crippen molar-refractivity contribution in [3.63, 3.8) is 0 Å². The van der Waals surface area contributed by atoms with E-state index >= 15 is 0 Å². The number of ketones is 3. The largest absolute Gasteiger partial charge is 0.741 e. The van der Waals surface area contributed by atoms with Crippen molar-refractivity contribution in [3.8, 4) is 11.5 Å². The van der Waals surface area contributed by atoms with Crippen molar-refractivity contribution in [2.24, 2.45) is 0 Å². The maximum Gasteiger partial charge on any atom is 0.485 e. The highest BCUT2D eigenvalue weighted by molar-refractivity contribution is 7.98. The average molecular weight is 1740 g/mol. The van der Waals surface area contributed by atoms with E-state index in [9.17, 15) is 78.3 Å². The Labute approximate surface area is 691 Å². The number of thiol groups is 1. The smallest absolute Gasteiger partial charge is 0.485 e. The van der Waals surface area contributed by atoms with Gasteiger partial charge in [0.2, 0.25) is 17.3 Å². The number of aromatic hydroxyl groups is 1. The Morgan fingerprint density at radius 1 is 0.453 bits per heavy atom. The summed E-state index contributed by atoms with van der Waals surface area (Å²) >= 11 is 5.72. The van der Waals surface area contributed by atoms with Gasteiger partial charge < -0.3 is 34.8 Å². The lowest BCUT2D eigenvalue weighted by atomic mass is 9.86. The van der Waals surface area contributed by atoms with Gasteiger partial charge in [0.15, 0.2) is 31.8 Å². The molecule has 31 heteroatoms. The molecule has 4 atom stereocenters. The van der Waals surface area contributed by atoms with E-state index in [1.165, 1.54) is 95.6 Å². The van der Waals surface area contributed by atoms with E-state index in [4.69, 9.17) is 30.3 Å². The number of alkyl halides is 3. The van der Waals surface area contributed by atoms with Gasteiger partial charge in [0.1, 0.15) is 43.3 Å². The van der Waals surface area contributed by atoms with Crippen LogP contribution in [0.2, 0.25) is 0 Å². The number of halogens is 3. The van der Waals surface area contributed by atoms with Gasteiger partial charge in [-0.1, -0.05) is 211 Å². The predicted molar refractivity (Wildman–Crippen MR) is 444 cm³/mol. The van der Waals surface area contributed by atoms with Crippen molar-refractivity contribution in [1.82, 2.24) is 0 Å². The van der Waals surface area contributed by atoms with Gasteiger partial charge in [0.05, 0.1) is 28.4 Å². The number of benzene rings is 11. The highest BCUT2D eigenvalue weighted by Gasteiger charge is 2.44. The summed E-state index contributed by atoms with van der Waals surface area (Å²) in [5.41, 5.74) is -4.07. The molecule has 0 saturated heterocycles. The summed E-state index contributed by atoms with van der Waals surface area (Å²) in [5.74, 6) is 0.374. The molecule has 117 heavy (non-hydrogen) atoms. The first kappa shape index (κ1) is 94.5. The fourth-order valence-corrected chi connectivity index (χ4v) is 15.7. The number of phenols is 1. The standard InChI is InChI=1S/C24H24O7S.C24H24O5S3.C22H20O5S.C15H16OS.CHF3O3S/c1-17-3-13-22(14-4-17)32(28,29)31-16-24(27,20-9-11-21(30-2)12-10-20)23(26)19-7-5-18(15-25)6-8-19;1-17-3-13-22(14-4-17)32(27,28)29-16-24(26,20-9-11-21(31-2)12-10-20)23(25)19-7-5-18(15-30)6-8-19;1-17-12-14-20(15-13-17)28(25,26)27-16-22(24,19-10-6-3-7-11-19)21(23)18-8-4-2-5-9-18;1-12-5-3-4-6-13(12)11-17(2)15-9-7-14(16)8-10-15;2-1(3,4)8(5,6)7/h3-14,25,27H,15-16H2,1-2H3;3-14,26,30H,15-16H2,1-2H3;2-15,24H,16H2,1H3;3-10H,11H2,1-2H3;(H,5,6,7). The van der Waals surface area contributed by atoms with Gasteiger partial charge in [0, 0.05) is 43.8 Å². The molecule has 11 aromatic rings. The lowest BCUT2D eigenvalue weighted by molar-refractivity contribution is -0.0518. The fraction of sp³-hybridized carbons (Fsp3) is 0.198. The summed E-state index contributed by atoms with van der Waals surface area (Å²) in [6.45, 7) is 5.14. The fourth-order valence-electron chi connectivity index (χ4n) is 10.7. The van der Waals surface area contributed by atoms with E-state index in [1.54, 1.807) is 182 Å². The van der Waals surface area contributed by atoms with E-state index in [0.29, 0.717) is 22.8 Å². The zero-order valence-electron chi connectivity index (χ0n) is 64.1. The second kappa shape index (κ2) is 42.1. The quantitative estimate of drug-likeness (QED) is 0.00504. The Balaban J connectivity index is 0.000000212. The Hall–Kier alpha value is -9.65. The monoisotopic (exact) mass is 1730 g/mol. The molecular formula is C86H85F3O21S7. The van der Waals surface area contributed by atoms with Crippen molar-refractivity contribution < 1.29 is 109 Å². The van der Waals surface area contributed by atoms with Gasteiger partial charge in [-0.05, 0) is 152 Å². The van der Waals surface area contributed by atoms with Crippen molar-refractivity contribution >= 4 is 93.1 Å². The molecule has 11 aromatic carbocycles. The molecule has 0 saturated carbocycles. The third-order valence-corrected chi connectivity index (χ3v) is 25.0. The second-order valence-corrected chi connectivity index (χ2v) is 35.6. The lowest BCUT2D eigenvalue weighted by Crippen LogP contribution is -2.41. The number of carbonyl (C=O) groups excluding carboxylic acids is 3. The Bertz CT molecular complexity index is 5380. The molecule has 11 rings (SSSR count). The molecule has 0 aliphatic rings. The van der Waals surface area contributed by atoms with Gasteiger partial charge in [-0.2, -0.15) is 51.1 Å². The van der Waals surface area contributed by atoms with Gasteiger partial charge >= 0.3 is 5.51 Å². The number of methoxy groups -OCH3 is 1. The number of rotatable bonds is 28. The molecule has 0 aliphatic heterocycles. The number of Topliss-reactive ketones (excluding diaryl/α,β-unsaturated/α-hetero) is 3. The van der Waals surface area contributed by atoms with Gasteiger partial charge in [-0.25, -0.2) is 8.42 Å². The molecule has 618 valence electrons. The summed E-state index contributed by atoms with van der Waals surface area (Å²) in [7, 11) is -17.0. The number of aliphatic hydroxyl groups excluding tert-OH is 1. The zero-order chi connectivity index (χ0) is 86.2. The molecule has 0 spiro atoms. The number of hydrogen-bond acceptors (Lipinski definition) is 23. The van der Waals surface area contributed by atoms with Gasteiger partial charge in [0.25, 0.3) is 30.4 Å². The molecular weight excluding hydrogens is 1650 g/mol. The van der Waals surface area contributed by atoms with Crippen LogP contribution in [-0.4, -0.2) is 126 Å². The molecule has 0 aromatic heterocycles. The molecule has 21 nitrogen and oxygen atoms in total. The number of carbonyl (C=O) groups is 3. The highest BCUT2D eigenvalue weighted by Crippen LogP contribution is 2.35. The van der Waals surface area contributed by atoms with Crippen LogP contribution in [0.3, 0.4) is 0 Å². The lowest BCUT2D eigenvalue weighted by Gasteiger charge is -2.27. The zero-order valence-corrected chi connectivity index (χ0v) is 69.9. The number of thioether (sulfide) groups is 1. The number of ether oxygens (including phenoxy) is 1. The Kier molecular flexibility index (Phi) is 34.0. The SMILES string of the molecule is COc1ccc(C(O)(COS(=O)(=O)c2ccc(C)cc2)C(=O)c2ccc(CO)cc2)cc1.CSc1ccc(C(O)(COS(=O)(=O)c2ccc(C)cc2)C(=O)c2ccc(CS)cc2)cc1.Cc1ccc(S(=O)(=O)OCC(O)(C(=O)c2ccccc2)c2ccccc2)cc1.Cc1ccccc1C[S+](C)c1ccc(O)cc1.O=S(=O)([O-])C(F)(F)F. The van der Waals surface area contributed by atoms with Crippen LogP contribution >= 0.6 is 24.4 Å². The molecule has 0 fully saturated rings. The molecule has 5 N–H and O–H groups in total. The van der Waals surface area contributed by atoms with Crippen molar-refractivity contribution in [2.75, 3.05) is 39.4 Å². The number of hydrogen-bond donors (Lipinski definition) is 6. The summed E-state index contributed by atoms with van der Waals surface area (Å²) in [6, 6.07) is 76.2. The van der Waals surface area contributed by atoms with E-state index in [1.807, 2.05) is 39.2 Å². The second-order valence-electron chi connectivity index (χ2n) is 26.2. The molecule has 0 heterocycles. The third-order valence-electron chi connectivity index (χ3n) is 17.7. The van der Waals surface area contributed by atoms with Crippen LogP contribution in [0.1, 0.15) is 86.7 Å². The normalized spacial score (nSPS) is 13.4.